The van der Waals surface area contributed by atoms with Crippen LogP contribution in [0.25, 0.3) is 0 Å². The Balaban J connectivity index is 1.68. The molecule has 25 heavy (non-hydrogen) atoms. The van der Waals surface area contributed by atoms with Crippen LogP contribution in [0.15, 0.2) is 48.5 Å². The number of halogens is 1. The van der Waals surface area contributed by atoms with Crippen molar-refractivity contribution in [2.75, 3.05) is 13.1 Å². The van der Waals surface area contributed by atoms with E-state index in [0.29, 0.717) is 35.2 Å². The van der Waals surface area contributed by atoms with E-state index in [0.717, 1.165) is 6.42 Å². The SMILES string of the molecule is CC1(C)CN(C(=O)c2ccc(Oc3cccc(Cl)c3)cc2)CCC1N. The minimum absolute atomic E-state index is 0.0364. The Labute approximate surface area is 153 Å². The Hall–Kier alpha value is -2.04. The van der Waals surface area contributed by atoms with Gasteiger partial charge in [0.25, 0.3) is 5.91 Å². The van der Waals surface area contributed by atoms with Gasteiger partial charge in [-0.2, -0.15) is 0 Å². The normalized spacial score (nSPS) is 19.5. The summed E-state index contributed by atoms with van der Waals surface area (Å²) in [6, 6.07) is 14.5. The molecule has 1 fully saturated rings. The summed E-state index contributed by atoms with van der Waals surface area (Å²) in [5.41, 5.74) is 6.74. The number of piperidine rings is 1. The van der Waals surface area contributed by atoms with Crippen molar-refractivity contribution >= 4 is 17.5 Å². The Kier molecular flexibility index (Phi) is 5.02. The maximum absolute atomic E-state index is 12.7. The largest absolute Gasteiger partial charge is 0.457 e. The third kappa shape index (κ3) is 4.14. The fraction of sp³-hybridized carbons (Fsp3) is 0.350. The van der Waals surface area contributed by atoms with Gasteiger partial charge in [-0.3, -0.25) is 4.79 Å². The van der Waals surface area contributed by atoms with E-state index < -0.39 is 0 Å². The molecule has 132 valence electrons. The van der Waals surface area contributed by atoms with E-state index in [9.17, 15) is 4.79 Å². The average Bonchev–Trinajstić information content (AvgIpc) is 2.57. The fourth-order valence-electron chi connectivity index (χ4n) is 3.06. The van der Waals surface area contributed by atoms with Gasteiger partial charge in [0.1, 0.15) is 11.5 Å². The molecule has 0 aliphatic carbocycles. The lowest BCUT2D eigenvalue weighted by molar-refractivity contribution is 0.0533. The lowest BCUT2D eigenvalue weighted by atomic mass is 9.79. The quantitative estimate of drug-likeness (QED) is 0.888. The van der Waals surface area contributed by atoms with E-state index >= 15 is 0 Å². The Bertz CT molecular complexity index is 759. The molecule has 1 atom stereocenters. The second kappa shape index (κ2) is 7.06. The summed E-state index contributed by atoms with van der Waals surface area (Å²) in [4.78, 5) is 14.6. The van der Waals surface area contributed by atoms with Gasteiger partial charge < -0.3 is 15.4 Å². The highest BCUT2D eigenvalue weighted by Gasteiger charge is 2.35. The predicted molar refractivity (Wildman–Crippen MR) is 100 cm³/mol. The molecule has 0 aromatic heterocycles. The van der Waals surface area contributed by atoms with Gasteiger partial charge in [-0.1, -0.05) is 31.5 Å². The molecule has 0 spiro atoms. The van der Waals surface area contributed by atoms with Gasteiger partial charge >= 0.3 is 0 Å². The maximum atomic E-state index is 12.7. The van der Waals surface area contributed by atoms with Crippen molar-refractivity contribution in [2.24, 2.45) is 11.1 Å². The third-order valence-corrected chi connectivity index (χ3v) is 4.97. The predicted octanol–water partition coefficient (Wildman–Crippen LogP) is 4.33. The number of nitrogens with zero attached hydrogens (tertiary/aromatic N) is 1. The number of ether oxygens (including phenoxy) is 1. The number of carbonyl (C=O) groups excluding carboxylic acids is 1. The molecule has 1 unspecified atom stereocenters. The molecule has 1 saturated heterocycles. The molecule has 1 amide bonds. The first-order chi connectivity index (χ1) is 11.8. The summed E-state index contributed by atoms with van der Waals surface area (Å²) in [6.45, 7) is 5.59. The zero-order valence-corrected chi connectivity index (χ0v) is 15.3. The van der Waals surface area contributed by atoms with E-state index in [-0.39, 0.29) is 17.4 Å². The number of benzene rings is 2. The standard InChI is InChI=1S/C20H23ClN2O2/c1-20(2)13-23(11-10-18(20)22)19(24)14-6-8-16(9-7-14)25-17-5-3-4-15(21)12-17/h3-9,12,18H,10-11,13,22H2,1-2H3. The number of hydrogen-bond donors (Lipinski definition) is 1. The molecular formula is C20H23ClN2O2. The van der Waals surface area contributed by atoms with Gasteiger partial charge in [0.2, 0.25) is 0 Å². The molecule has 1 aliphatic heterocycles. The molecule has 1 aliphatic rings. The lowest BCUT2D eigenvalue weighted by Crippen LogP contribution is -2.53. The van der Waals surface area contributed by atoms with Crippen LogP contribution >= 0.6 is 11.6 Å². The summed E-state index contributed by atoms with van der Waals surface area (Å²) >= 11 is 5.96. The monoisotopic (exact) mass is 358 g/mol. The van der Waals surface area contributed by atoms with Crippen LogP contribution in [0.4, 0.5) is 0 Å². The van der Waals surface area contributed by atoms with Gasteiger partial charge in [-0.05, 0) is 54.3 Å². The molecule has 3 rings (SSSR count). The lowest BCUT2D eigenvalue weighted by Gasteiger charge is -2.42. The number of likely N-dealkylation sites (tertiary alicyclic amines) is 1. The van der Waals surface area contributed by atoms with Crippen LogP contribution in [0.2, 0.25) is 5.02 Å². The van der Waals surface area contributed by atoms with Crippen molar-refractivity contribution < 1.29 is 9.53 Å². The van der Waals surface area contributed by atoms with Crippen molar-refractivity contribution in [3.8, 4) is 11.5 Å². The number of carbonyl (C=O) groups is 1. The fourth-order valence-corrected chi connectivity index (χ4v) is 3.24. The summed E-state index contributed by atoms with van der Waals surface area (Å²) < 4.78 is 5.76. The second-order valence-corrected chi connectivity index (χ2v) is 7.63. The number of nitrogens with two attached hydrogens (primary N) is 1. The first-order valence-electron chi connectivity index (χ1n) is 8.43. The van der Waals surface area contributed by atoms with Crippen LogP contribution in [-0.4, -0.2) is 29.9 Å². The maximum Gasteiger partial charge on any atom is 0.253 e. The van der Waals surface area contributed by atoms with Gasteiger partial charge in [0.05, 0.1) is 0 Å². The van der Waals surface area contributed by atoms with E-state index in [1.807, 2.05) is 17.0 Å². The summed E-state index contributed by atoms with van der Waals surface area (Å²) in [5, 5.41) is 0.621. The van der Waals surface area contributed by atoms with Crippen LogP contribution < -0.4 is 10.5 Å². The van der Waals surface area contributed by atoms with E-state index in [2.05, 4.69) is 13.8 Å². The van der Waals surface area contributed by atoms with Crippen molar-refractivity contribution in [1.29, 1.82) is 0 Å². The van der Waals surface area contributed by atoms with Crippen molar-refractivity contribution in [1.82, 2.24) is 4.90 Å². The van der Waals surface area contributed by atoms with Gasteiger partial charge in [0.15, 0.2) is 0 Å². The first-order valence-corrected chi connectivity index (χ1v) is 8.81. The highest BCUT2D eigenvalue weighted by atomic mass is 35.5. The Morgan fingerprint density at radius 1 is 1.20 bits per heavy atom. The number of rotatable bonds is 3. The Morgan fingerprint density at radius 3 is 2.56 bits per heavy atom. The van der Waals surface area contributed by atoms with Gasteiger partial charge in [-0.15, -0.1) is 0 Å². The first kappa shape index (κ1) is 17.8. The summed E-state index contributed by atoms with van der Waals surface area (Å²) in [5.74, 6) is 1.37. The van der Waals surface area contributed by atoms with Crippen molar-refractivity contribution in [2.45, 2.75) is 26.3 Å². The molecule has 2 aromatic carbocycles. The second-order valence-electron chi connectivity index (χ2n) is 7.19. The van der Waals surface area contributed by atoms with Gasteiger partial charge in [-0.25, -0.2) is 0 Å². The Morgan fingerprint density at radius 2 is 1.92 bits per heavy atom. The summed E-state index contributed by atoms with van der Waals surface area (Å²) in [7, 11) is 0. The highest BCUT2D eigenvalue weighted by Crippen LogP contribution is 2.29. The van der Waals surface area contributed by atoms with Gasteiger partial charge in [0, 0.05) is 29.7 Å². The van der Waals surface area contributed by atoms with Crippen molar-refractivity contribution in [3.63, 3.8) is 0 Å². The zero-order chi connectivity index (χ0) is 18.0. The van der Waals surface area contributed by atoms with E-state index in [1.54, 1.807) is 36.4 Å². The molecule has 1 heterocycles. The smallest absolute Gasteiger partial charge is 0.253 e. The zero-order valence-electron chi connectivity index (χ0n) is 14.5. The highest BCUT2D eigenvalue weighted by molar-refractivity contribution is 6.30. The van der Waals surface area contributed by atoms with Crippen LogP contribution in [-0.2, 0) is 0 Å². The van der Waals surface area contributed by atoms with E-state index in [1.165, 1.54) is 0 Å². The average molecular weight is 359 g/mol. The van der Waals surface area contributed by atoms with Crippen LogP contribution in [0.1, 0.15) is 30.6 Å². The van der Waals surface area contributed by atoms with Crippen LogP contribution in [0.5, 0.6) is 11.5 Å². The number of amides is 1. The van der Waals surface area contributed by atoms with E-state index in [4.69, 9.17) is 22.1 Å². The van der Waals surface area contributed by atoms with Crippen molar-refractivity contribution in [3.05, 3.63) is 59.1 Å². The molecule has 5 heteroatoms. The summed E-state index contributed by atoms with van der Waals surface area (Å²) in [6.07, 6.45) is 0.828. The minimum Gasteiger partial charge on any atom is -0.457 e. The number of hydrogen-bond acceptors (Lipinski definition) is 3. The van der Waals surface area contributed by atoms with Crippen LogP contribution in [0.3, 0.4) is 0 Å². The molecular weight excluding hydrogens is 336 g/mol. The topological polar surface area (TPSA) is 55.6 Å². The molecule has 2 N–H and O–H groups in total. The molecule has 0 bridgehead atoms. The minimum atomic E-state index is -0.0659. The molecule has 2 aromatic rings. The molecule has 0 radical (unpaired) electrons. The third-order valence-electron chi connectivity index (χ3n) is 4.73. The molecule has 4 nitrogen and oxygen atoms in total. The van der Waals surface area contributed by atoms with Crippen LogP contribution in [0, 0.1) is 5.41 Å². The molecule has 0 saturated carbocycles.